The van der Waals surface area contributed by atoms with E-state index >= 15 is 0 Å². The SMILES string of the molecule is CC(C)(C)C12OOC1(c1cc(O)c3ccc4sc5ccccc5c4c3c1)OCC2(C)C. The number of phenolic OH excluding ortho intramolecular Hbond substituents is 1. The van der Waals surface area contributed by atoms with Crippen molar-refractivity contribution < 1.29 is 19.6 Å². The maximum atomic E-state index is 11.1. The molecule has 1 N–H and O–H groups in total. The summed E-state index contributed by atoms with van der Waals surface area (Å²) in [4.78, 5) is 11.8. The van der Waals surface area contributed by atoms with Crippen LogP contribution in [0.2, 0.25) is 0 Å². The predicted molar refractivity (Wildman–Crippen MR) is 124 cm³/mol. The highest BCUT2D eigenvalue weighted by molar-refractivity contribution is 7.26. The first kappa shape index (κ1) is 19.5. The molecule has 31 heavy (non-hydrogen) atoms. The van der Waals surface area contributed by atoms with Gasteiger partial charge in [0.25, 0.3) is 5.79 Å². The van der Waals surface area contributed by atoms with Crippen LogP contribution < -0.4 is 0 Å². The monoisotopic (exact) mass is 434 g/mol. The van der Waals surface area contributed by atoms with Crippen LogP contribution in [0.3, 0.4) is 0 Å². The molecule has 0 radical (unpaired) electrons. The van der Waals surface area contributed by atoms with Crippen LogP contribution in [-0.4, -0.2) is 17.3 Å². The van der Waals surface area contributed by atoms with Crippen molar-refractivity contribution in [1.29, 1.82) is 0 Å². The zero-order valence-corrected chi connectivity index (χ0v) is 19.2. The summed E-state index contributed by atoms with van der Waals surface area (Å²) < 4.78 is 8.83. The van der Waals surface area contributed by atoms with Crippen LogP contribution in [-0.2, 0) is 20.3 Å². The van der Waals surface area contributed by atoms with E-state index < -0.39 is 11.4 Å². The van der Waals surface area contributed by atoms with E-state index in [1.165, 1.54) is 14.8 Å². The molecule has 5 heteroatoms. The van der Waals surface area contributed by atoms with Crippen molar-refractivity contribution in [3.63, 3.8) is 0 Å². The average Bonchev–Trinajstić information content (AvgIpc) is 3.12. The Labute approximate surface area is 185 Å². The molecule has 160 valence electrons. The van der Waals surface area contributed by atoms with E-state index in [4.69, 9.17) is 14.5 Å². The van der Waals surface area contributed by atoms with E-state index in [1.54, 1.807) is 17.4 Å². The normalized spacial score (nSPS) is 27.6. The number of fused-ring (bicyclic) bond motifs is 6. The molecule has 2 atom stereocenters. The van der Waals surface area contributed by atoms with Crippen molar-refractivity contribution in [2.45, 2.75) is 46.0 Å². The zero-order chi connectivity index (χ0) is 21.8. The summed E-state index contributed by atoms with van der Waals surface area (Å²) >= 11 is 1.77. The van der Waals surface area contributed by atoms with E-state index in [2.05, 4.69) is 71.0 Å². The van der Waals surface area contributed by atoms with Crippen molar-refractivity contribution in [2.24, 2.45) is 10.8 Å². The third-order valence-corrected chi connectivity index (χ3v) is 8.36. The summed E-state index contributed by atoms with van der Waals surface area (Å²) in [5, 5.41) is 15.3. The van der Waals surface area contributed by atoms with E-state index in [0.717, 1.165) is 21.7 Å². The number of hydrogen-bond acceptors (Lipinski definition) is 5. The van der Waals surface area contributed by atoms with Gasteiger partial charge in [-0.3, -0.25) is 0 Å². The molecule has 2 aliphatic heterocycles. The van der Waals surface area contributed by atoms with Gasteiger partial charge in [0.1, 0.15) is 5.75 Å². The van der Waals surface area contributed by atoms with Gasteiger partial charge in [0.05, 0.1) is 6.61 Å². The second-order valence-corrected chi connectivity index (χ2v) is 11.6. The molecule has 0 saturated carbocycles. The summed E-state index contributed by atoms with van der Waals surface area (Å²) in [6.07, 6.45) is 0. The molecule has 2 fully saturated rings. The summed E-state index contributed by atoms with van der Waals surface area (Å²) in [6.45, 7) is 11.3. The molecule has 0 amide bonds. The topological polar surface area (TPSA) is 47.9 Å². The summed E-state index contributed by atoms with van der Waals surface area (Å²) in [5.74, 6) is -0.834. The minimum atomic E-state index is -1.06. The largest absolute Gasteiger partial charge is 0.507 e. The first-order valence-electron chi connectivity index (χ1n) is 10.7. The summed E-state index contributed by atoms with van der Waals surface area (Å²) in [5.41, 5.74) is -0.406. The van der Waals surface area contributed by atoms with Gasteiger partial charge in [-0.15, -0.1) is 11.3 Å². The lowest BCUT2D eigenvalue weighted by atomic mass is 9.57. The van der Waals surface area contributed by atoms with Crippen molar-refractivity contribution in [2.75, 3.05) is 6.61 Å². The maximum Gasteiger partial charge on any atom is 0.261 e. The second kappa shape index (κ2) is 5.78. The first-order chi connectivity index (χ1) is 14.6. The first-order valence-corrected chi connectivity index (χ1v) is 11.5. The Bertz CT molecular complexity index is 1380. The molecule has 3 aromatic carbocycles. The van der Waals surface area contributed by atoms with Gasteiger partial charge in [-0.25, -0.2) is 4.89 Å². The van der Waals surface area contributed by atoms with Gasteiger partial charge in [-0.05, 0) is 35.7 Å². The average molecular weight is 435 g/mol. The van der Waals surface area contributed by atoms with Gasteiger partial charge in [-0.1, -0.05) is 52.8 Å². The van der Waals surface area contributed by atoms with E-state index in [9.17, 15) is 5.11 Å². The molecule has 0 aliphatic carbocycles. The smallest absolute Gasteiger partial charge is 0.261 e. The van der Waals surface area contributed by atoms with Gasteiger partial charge in [0.2, 0.25) is 0 Å². The lowest BCUT2D eigenvalue weighted by Gasteiger charge is -2.61. The number of thiophene rings is 1. The van der Waals surface area contributed by atoms with Gasteiger partial charge >= 0.3 is 0 Å². The predicted octanol–water partition coefficient (Wildman–Crippen LogP) is 6.87. The van der Waals surface area contributed by atoms with Crippen molar-refractivity contribution in [3.8, 4) is 5.75 Å². The molecule has 6 rings (SSSR count). The minimum Gasteiger partial charge on any atom is -0.507 e. The molecule has 1 aromatic heterocycles. The fourth-order valence-electron chi connectivity index (χ4n) is 6.07. The zero-order valence-electron chi connectivity index (χ0n) is 18.4. The molecule has 2 saturated heterocycles. The second-order valence-electron chi connectivity index (χ2n) is 10.5. The van der Waals surface area contributed by atoms with Crippen LogP contribution in [0.4, 0.5) is 0 Å². The standard InChI is InChI=1S/C26H26O4S/c1-23(2,3)26-24(4,5)14-28-25(26,29-30-26)15-12-18-16(19(27)13-15)10-11-21-22(18)17-8-6-7-9-20(17)31-21/h6-13,27H,14H2,1-5H3. The minimum absolute atomic E-state index is 0.227. The highest BCUT2D eigenvalue weighted by Gasteiger charge is 2.81. The number of hydrogen-bond donors (Lipinski definition) is 1. The summed E-state index contributed by atoms with van der Waals surface area (Å²) in [6, 6.07) is 16.4. The Morgan fingerprint density at radius 3 is 2.39 bits per heavy atom. The molecule has 4 aromatic rings. The maximum absolute atomic E-state index is 11.1. The highest BCUT2D eigenvalue weighted by Crippen LogP contribution is 2.69. The van der Waals surface area contributed by atoms with Crippen LogP contribution in [0.15, 0.2) is 48.5 Å². The lowest BCUT2D eigenvalue weighted by molar-refractivity contribution is -0.626. The fourth-order valence-corrected chi connectivity index (χ4v) is 7.19. The number of benzene rings is 3. The number of rotatable bonds is 1. The third-order valence-electron chi connectivity index (χ3n) is 7.22. The number of ether oxygens (including phenoxy) is 1. The van der Waals surface area contributed by atoms with Gasteiger partial charge < -0.3 is 9.84 Å². The molecule has 0 spiro atoms. The lowest BCUT2D eigenvalue weighted by Crippen LogP contribution is -2.73. The third kappa shape index (κ3) is 2.15. The quantitative estimate of drug-likeness (QED) is 0.332. The number of aromatic hydroxyl groups is 1. The van der Waals surface area contributed by atoms with Gasteiger partial charge in [0, 0.05) is 42.0 Å². The Hall–Kier alpha value is -2.18. The molecule has 0 bridgehead atoms. The molecule has 2 aliphatic rings. The van der Waals surface area contributed by atoms with Crippen LogP contribution >= 0.6 is 11.3 Å². The number of phenols is 1. The van der Waals surface area contributed by atoms with Crippen LogP contribution in [0.1, 0.15) is 40.2 Å². The van der Waals surface area contributed by atoms with E-state index in [-0.39, 0.29) is 16.6 Å². The Kier molecular flexibility index (Phi) is 3.64. The Balaban J connectivity index is 1.69. The van der Waals surface area contributed by atoms with E-state index in [1.807, 2.05) is 6.07 Å². The van der Waals surface area contributed by atoms with Gasteiger partial charge in [0.15, 0.2) is 5.60 Å². The highest BCUT2D eigenvalue weighted by atomic mass is 32.1. The van der Waals surface area contributed by atoms with Crippen LogP contribution in [0.25, 0.3) is 30.9 Å². The van der Waals surface area contributed by atoms with Crippen LogP contribution in [0, 0.1) is 10.8 Å². The van der Waals surface area contributed by atoms with Crippen LogP contribution in [0.5, 0.6) is 5.75 Å². The van der Waals surface area contributed by atoms with Crippen molar-refractivity contribution >= 4 is 42.3 Å². The van der Waals surface area contributed by atoms with Crippen molar-refractivity contribution in [1.82, 2.24) is 0 Å². The fraction of sp³-hybridized carbons (Fsp3) is 0.385. The molecular formula is C26H26O4S. The van der Waals surface area contributed by atoms with Crippen molar-refractivity contribution in [3.05, 3.63) is 54.1 Å². The molecule has 2 unspecified atom stereocenters. The van der Waals surface area contributed by atoms with Gasteiger partial charge in [-0.2, -0.15) is 4.89 Å². The molecule has 3 heterocycles. The Morgan fingerprint density at radius 2 is 1.68 bits per heavy atom. The van der Waals surface area contributed by atoms with E-state index in [0.29, 0.717) is 6.61 Å². The molecular weight excluding hydrogens is 408 g/mol. The summed E-state index contributed by atoms with van der Waals surface area (Å²) in [7, 11) is 0. The molecule has 4 nitrogen and oxygen atoms in total. The Morgan fingerprint density at radius 1 is 0.903 bits per heavy atom.